The summed E-state index contributed by atoms with van der Waals surface area (Å²) in [6.45, 7) is 2.85. The van der Waals surface area contributed by atoms with Crippen molar-refractivity contribution in [3.8, 4) is 0 Å². The molecule has 1 fully saturated rings. The van der Waals surface area contributed by atoms with E-state index in [1.54, 1.807) is 10.3 Å². The lowest BCUT2D eigenvalue weighted by Crippen LogP contribution is -2.63. The number of hydrogen-bond acceptors (Lipinski definition) is 5. The molecule has 1 amide bonds. The average Bonchev–Trinajstić information content (AvgIpc) is 2.66. The number of carbonyl (C=O) groups excluding carboxylic acids is 1. The Bertz CT molecular complexity index is 346. The first-order valence-electron chi connectivity index (χ1n) is 4.93. The topological polar surface area (TPSA) is 66.3 Å². The van der Waals surface area contributed by atoms with Crippen molar-refractivity contribution in [2.45, 2.75) is 25.4 Å². The molecule has 1 N–H and O–H groups in total. The SMILES string of the molecule is CCCC1(O)CN(C(=O)c2csnn2)C1. The van der Waals surface area contributed by atoms with Gasteiger partial charge in [0.25, 0.3) is 5.91 Å². The van der Waals surface area contributed by atoms with Gasteiger partial charge >= 0.3 is 0 Å². The zero-order chi connectivity index (χ0) is 10.9. The van der Waals surface area contributed by atoms with Crippen LogP contribution in [0.3, 0.4) is 0 Å². The van der Waals surface area contributed by atoms with Gasteiger partial charge in [-0.15, -0.1) is 5.10 Å². The molecule has 15 heavy (non-hydrogen) atoms. The highest BCUT2D eigenvalue weighted by atomic mass is 32.1. The second-order valence-corrected chi connectivity index (χ2v) is 4.54. The summed E-state index contributed by atoms with van der Waals surface area (Å²) in [4.78, 5) is 13.3. The molecule has 2 rings (SSSR count). The lowest BCUT2D eigenvalue weighted by Gasteiger charge is -2.46. The number of amides is 1. The fourth-order valence-corrected chi connectivity index (χ4v) is 2.28. The Balaban J connectivity index is 1.92. The van der Waals surface area contributed by atoms with Crippen LogP contribution in [-0.2, 0) is 0 Å². The number of likely N-dealkylation sites (tertiary alicyclic amines) is 1. The number of rotatable bonds is 3. The van der Waals surface area contributed by atoms with Crippen LogP contribution in [0.25, 0.3) is 0 Å². The fraction of sp³-hybridized carbons (Fsp3) is 0.667. The summed E-state index contributed by atoms with van der Waals surface area (Å²) in [6, 6.07) is 0. The molecule has 0 bridgehead atoms. The van der Waals surface area contributed by atoms with Gasteiger partial charge in [0.05, 0.1) is 18.7 Å². The predicted octanol–water partition coefficient (Wildman–Crippen LogP) is 0.525. The van der Waals surface area contributed by atoms with E-state index in [9.17, 15) is 9.90 Å². The number of aliphatic hydroxyl groups is 1. The molecular formula is C9H13N3O2S. The zero-order valence-corrected chi connectivity index (χ0v) is 9.33. The van der Waals surface area contributed by atoms with Gasteiger partial charge in [0.1, 0.15) is 0 Å². The minimum atomic E-state index is -0.673. The minimum absolute atomic E-state index is 0.135. The van der Waals surface area contributed by atoms with Crippen LogP contribution in [0.2, 0.25) is 0 Å². The number of hydrogen-bond donors (Lipinski definition) is 1. The van der Waals surface area contributed by atoms with Crippen LogP contribution in [0.4, 0.5) is 0 Å². The van der Waals surface area contributed by atoms with E-state index in [1.807, 2.05) is 6.92 Å². The fourth-order valence-electron chi connectivity index (χ4n) is 1.85. The van der Waals surface area contributed by atoms with Crippen molar-refractivity contribution in [1.29, 1.82) is 0 Å². The molecule has 0 aliphatic carbocycles. The second kappa shape index (κ2) is 3.86. The molecule has 2 heterocycles. The van der Waals surface area contributed by atoms with E-state index in [4.69, 9.17) is 0 Å². The second-order valence-electron chi connectivity index (χ2n) is 3.93. The maximum Gasteiger partial charge on any atom is 0.275 e. The molecule has 0 atom stereocenters. The van der Waals surface area contributed by atoms with E-state index in [-0.39, 0.29) is 5.91 Å². The maximum absolute atomic E-state index is 11.7. The summed E-state index contributed by atoms with van der Waals surface area (Å²) in [5, 5.41) is 15.2. The van der Waals surface area contributed by atoms with Crippen LogP contribution >= 0.6 is 11.5 Å². The lowest BCUT2D eigenvalue weighted by molar-refractivity contribution is -0.0861. The molecule has 0 unspecified atom stereocenters. The summed E-state index contributed by atoms with van der Waals surface area (Å²) < 4.78 is 3.64. The largest absolute Gasteiger partial charge is 0.386 e. The van der Waals surface area contributed by atoms with E-state index in [0.717, 1.165) is 24.4 Å². The molecule has 82 valence electrons. The third kappa shape index (κ3) is 2.00. The van der Waals surface area contributed by atoms with Crippen LogP contribution in [0.1, 0.15) is 30.3 Å². The van der Waals surface area contributed by atoms with Gasteiger partial charge in [0, 0.05) is 5.38 Å². The molecular weight excluding hydrogens is 214 g/mol. The Kier molecular flexibility index (Phi) is 2.70. The van der Waals surface area contributed by atoms with Crippen molar-refractivity contribution in [2.75, 3.05) is 13.1 Å². The van der Waals surface area contributed by atoms with Crippen LogP contribution in [0.15, 0.2) is 5.38 Å². The molecule has 1 saturated heterocycles. The van der Waals surface area contributed by atoms with Gasteiger partial charge in [-0.25, -0.2) is 0 Å². The Morgan fingerprint density at radius 3 is 3.00 bits per heavy atom. The highest BCUT2D eigenvalue weighted by molar-refractivity contribution is 7.03. The highest BCUT2D eigenvalue weighted by Crippen LogP contribution is 2.26. The normalized spacial score (nSPS) is 18.7. The number of β-amino-alcohol motifs (C(OH)–C–C–N with tert-alkyl or cyclic N) is 1. The van der Waals surface area contributed by atoms with Crippen LogP contribution in [-0.4, -0.2) is 44.2 Å². The summed E-state index contributed by atoms with van der Waals surface area (Å²) in [5.74, 6) is -0.135. The van der Waals surface area contributed by atoms with Crippen molar-refractivity contribution in [2.24, 2.45) is 0 Å². The molecule has 1 aliphatic heterocycles. The van der Waals surface area contributed by atoms with Crippen molar-refractivity contribution in [3.05, 3.63) is 11.1 Å². The lowest BCUT2D eigenvalue weighted by atomic mass is 9.89. The van der Waals surface area contributed by atoms with Gasteiger partial charge in [-0.2, -0.15) is 0 Å². The van der Waals surface area contributed by atoms with Crippen molar-refractivity contribution in [3.63, 3.8) is 0 Å². The molecule has 1 aliphatic rings. The molecule has 1 aromatic heterocycles. The van der Waals surface area contributed by atoms with E-state index in [1.165, 1.54) is 0 Å². The third-order valence-corrected chi connectivity index (χ3v) is 3.06. The minimum Gasteiger partial charge on any atom is -0.386 e. The van der Waals surface area contributed by atoms with Crippen LogP contribution < -0.4 is 0 Å². The monoisotopic (exact) mass is 227 g/mol. The smallest absolute Gasteiger partial charge is 0.275 e. The van der Waals surface area contributed by atoms with Crippen molar-refractivity contribution < 1.29 is 9.90 Å². The number of carbonyl (C=O) groups is 1. The van der Waals surface area contributed by atoms with Gasteiger partial charge in [-0.1, -0.05) is 17.8 Å². The van der Waals surface area contributed by atoms with Gasteiger partial charge in [0.2, 0.25) is 0 Å². The first kappa shape index (κ1) is 10.5. The maximum atomic E-state index is 11.7. The summed E-state index contributed by atoms with van der Waals surface area (Å²) in [5.41, 5.74) is -0.299. The molecule has 0 saturated carbocycles. The van der Waals surface area contributed by atoms with Crippen LogP contribution in [0, 0.1) is 0 Å². The Morgan fingerprint density at radius 2 is 2.47 bits per heavy atom. The van der Waals surface area contributed by atoms with Gasteiger partial charge < -0.3 is 10.0 Å². The molecule has 1 aromatic rings. The summed E-state index contributed by atoms with van der Waals surface area (Å²) >= 11 is 1.16. The van der Waals surface area contributed by atoms with Gasteiger partial charge in [-0.05, 0) is 18.0 Å². The predicted molar refractivity (Wildman–Crippen MR) is 55.7 cm³/mol. The van der Waals surface area contributed by atoms with E-state index in [0.29, 0.717) is 18.8 Å². The molecule has 0 spiro atoms. The standard InChI is InChI=1S/C9H13N3O2S/c1-2-3-9(14)5-12(6-9)8(13)7-4-15-11-10-7/h4,14H,2-3,5-6H2,1H3. The van der Waals surface area contributed by atoms with Gasteiger partial charge in [0.15, 0.2) is 5.69 Å². The molecule has 5 nitrogen and oxygen atoms in total. The quantitative estimate of drug-likeness (QED) is 0.817. The summed E-state index contributed by atoms with van der Waals surface area (Å²) in [6.07, 6.45) is 1.67. The van der Waals surface area contributed by atoms with E-state index < -0.39 is 5.60 Å². The number of nitrogens with zero attached hydrogens (tertiary/aromatic N) is 3. The van der Waals surface area contributed by atoms with Crippen LogP contribution in [0.5, 0.6) is 0 Å². The molecule has 6 heteroatoms. The zero-order valence-electron chi connectivity index (χ0n) is 8.51. The Labute approximate surface area is 91.9 Å². The first-order chi connectivity index (χ1) is 7.14. The Morgan fingerprint density at radius 1 is 1.73 bits per heavy atom. The number of aromatic nitrogens is 2. The average molecular weight is 227 g/mol. The van der Waals surface area contributed by atoms with Gasteiger partial charge in [-0.3, -0.25) is 4.79 Å². The highest BCUT2D eigenvalue weighted by Gasteiger charge is 2.43. The Hall–Kier alpha value is -1.01. The van der Waals surface area contributed by atoms with Crippen molar-refractivity contribution >= 4 is 17.4 Å². The van der Waals surface area contributed by atoms with E-state index in [2.05, 4.69) is 9.59 Å². The molecule has 0 radical (unpaired) electrons. The third-order valence-electron chi connectivity index (χ3n) is 2.55. The molecule has 0 aromatic carbocycles. The summed E-state index contributed by atoms with van der Waals surface area (Å²) in [7, 11) is 0. The van der Waals surface area contributed by atoms with Crippen molar-refractivity contribution in [1.82, 2.24) is 14.5 Å². The van der Waals surface area contributed by atoms with E-state index >= 15 is 0 Å². The first-order valence-corrected chi connectivity index (χ1v) is 5.77.